The van der Waals surface area contributed by atoms with Crippen molar-refractivity contribution < 1.29 is 27.2 Å². The number of amides is 2. The number of anilines is 1. The van der Waals surface area contributed by atoms with Crippen LogP contribution in [-0.2, 0) is 9.59 Å². The molecule has 0 bridgehead atoms. The summed E-state index contributed by atoms with van der Waals surface area (Å²) < 4.78 is 52.5. The lowest BCUT2D eigenvalue weighted by Gasteiger charge is -2.32. The van der Waals surface area contributed by atoms with Crippen molar-refractivity contribution in [3.63, 3.8) is 0 Å². The fraction of sp³-hybridized carbons (Fsp3) is 0.556. The molecule has 0 radical (unpaired) electrons. The second-order valence-electron chi connectivity index (χ2n) is 7.73. The molecule has 8 heteroatoms. The monoisotopic (exact) mass is 374 g/mol. The first-order chi connectivity index (χ1) is 11.9. The Kier molecular flexibility index (Phi) is 5.63. The van der Waals surface area contributed by atoms with Gasteiger partial charge in [-0.15, -0.1) is 0 Å². The molecule has 1 aromatic rings. The molecular weight excluding hydrogens is 352 g/mol. The fourth-order valence-corrected chi connectivity index (χ4v) is 3.04. The smallest absolute Gasteiger partial charge is 0.333 e. The fourth-order valence-electron chi connectivity index (χ4n) is 3.04. The summed E-state index contributed by atoms with van der Waals surface area (Å²) in [5, 5.41) is 0. The number of carbonyl (C=O) groups excluding carboxylic acids is 2. The molecule has 0 aromatic heterocycles. The number of hydrogen-bond acceptors (Lipinski definition) is 2. The lowest BCUT2D eigenvalue weighted by atomic mass is 9.95. The molecule has 0 saturated carbocycles. The second kappa shape index (κ2) is 7.25. The van der Waals surface area contributed by atoms with Crippen LogP contribution >= 0.6 is 0 Å². The summed E-state index contributed by atoms with van der Waals surface area (Å²) in [7, 11) is 0. The van der Waals surface area contributed by atoms with Gasteiger partial charge in [0.25, 0.3) is 0 Å². The maximum atomic E-state index is 13.9. The molecule has 1 fully saturated rings. The average molecular weight is 374 g/mol. The van der Waals surface area contributed by atoms with Crippen LogP contribution in [0.25, 0.3) is 0 Å². The highest BCUT2D eigenvalue weighted by molar-refractivity contribution is 6.00. The van der Waals surface area contributed by atoms with Gasteiger partial charge in [-0.05, 0) is 17.5 Å². The van der Waals surface area contributed by atoms with Crippen molar-refractivity contribution in [2.24, 2.45) is 11.3 Å². The van der Waals surface area contributed by atoms with E-state index in [1.54, 1.807) is 26.8 Å². The van der Waals surface area contributed by atoms with Gasteiger partial charge in [0.15, 0.2) is 0 Å². The summed E-state index contributed by atoms with van der Waals surface area (Å²) in [6, 6.07) is 5.61. The van der Waals surface area contributed by atoms with E-state index in [0.29, 0.717) is 0 Å². The number of carbonyl (C=O) groups is 2. The Hall–Kier alpha value is -2.12. The molecule has 1 aliphatic rings. The van der Waals surface area contributed by atoms with E-state index in [2.05, 4.69) is 0 Å². The molecule has 1 heterocycles. The van der Waals surface area contributed by atoms with E-state index >= 15 is 0 Å². The lowest BCUT2D eigenvalue weighted by Crippen LogP contribution is -2.46. The molecule has 1 atom stereocenters. The third-order valence-corrected chi connectivity index (χ3v) is 3.96. The molecule has 2 amide bonds. The molecule has 0 aliphatic carbocycles. The average Bonchev–Trinajstić information content (AvgIpc) is 2.85. The van der Waals surface area contributed by atoms with Crippen molar-refractivity contribution in [2.75, 3.05) is 24.5 Å². The van der Waals surface area contributed by atoms with Crippen LogP contribution in [0.5, 0.6) is 0 Å². The molecule has 1 aliphatic heterocycles. The first kappa shape index (κ1) is 20.2. The molecule has 2 rings (SSSR count). The van der Waals surface area contributed by atoms with Crippen molar-refractivity contribution in [1.82, 2.24) is 4.90 Å². The third kappa shape index (κ3) is 5.19. The third-order valence-electron chi connectivity index (χ3n) is 3.96. The maximum absolute atomic E-state index is 13.9. The number of para-hydroxylation sites is 1. The van der Waals surface area contributed by atoms with Gasteiger partial charge in [0.1, 0.15) is 12.4 Å². The van der Waals surface area contributed by atoms with Crippen molar-refractivity contribution in [3.05, 3.63) is 30.1 Å². The zero-order valence-corrected chi connectivity index (χ0v) is 14.9. The van der Waals surface area contributed by atoms with Gasteiger partial charge >= 0.3 is 6.18 Å². The van der Waals surface area contributed by atoms with Crippen LogP contribution in [0, 0.1) is 17.2 Å². The molecule has 0 spiro atoms. The molecule has 144 valence electrons. The summed E-state index contributed by atoms with van der Waals surface area (Å²) >= 11 is 0. The molecule has 26 heavy (non-hydrogen) atoms. The van der Waals surface area contributed by atoms with Gasteiger partial charge in [-0.3, -0.25) is 9.59 Å². The largest absolute Gasteiger partial charge is 0.406 e. The summed E-state index contributed by atoms with van der Waals surface area (Å²) in [5.41, 5.74) is -0.500. The Balaban J connectivity index is 2.19. The Morgan fingerprint density at radius 1 is 1.19 bits per heavy atom. The first-order valence-electron chi connectivity index (χ1n) is 8.28. The van der Waals surface area contributed by atoms with Crippen LogP contribution in [-0.4, -0.2) is 42.5 Å². The lowest BCUT2D eigenvalue weighted by molar-refractivity contribution is -0.165. The van der Waals surface area contributed by atoms with E-state index in [1.165, 1.54) is 18.2 Å². The van der Waals surface area contributed by atoms with Crippen molar-refractivity contribution in [2.45, 2.75) is 33.4 Å². The van der Waals surface area contributed by atoms with E-state index in [-0.39, 0.29) is 25.2 Å². The highest BCUT2D eigenvalue weighted by atomic mass is 19.4. The molecule has 4 nitrogen and oxygen atoms in total. The van der Waals surface area contributed by atoms with E-state index in [9.17, 15) is 27.2 Å². The highest BCUT2D eigenvalue weighted by Gasteiger charge is 2.41. The standard InChI is InChI=1S/C18H22F4N2O2/c1-17(2,3)10-23(11-18(20,21)22)16(26)12-8-15(25)24(9-12)14-7-5-4-6-13(14)19/h4-7,12H,8-11H2,1-3H3. The van der Waals surface area contributed by atoms with E-state index < -0.39 is 41.7 Å². The molecule has 1 aromatic carbocycles. The van der Waals surface area contributed by atoms with Gasteiger partial charge in [0.2, 0.25) is 11.8 Å². The number of nitrogens with zero attached hydrogens (tertiary/aromatic N) is 2. The van der Waals surface area contributed by atoms with Crippen LogP contribution in [0.1, 0.15) is 27.2 Å². The highest BCUT2D eigenvalue weighted by Crippen LogP contribution is 2.30. The molecule has 1 saturated heterocycles. The van der Waals surface area contributed by atoms with Gasteiger partial charge in [-0.1, -0.05) is 32.9 Å². The van der Waals surface area contributed by atoms with Crippen LogP contribution in [0.4, 0.5) is 23.2 Å². The van der Waals surface area contributed by atoms with E-state index in [4.69, 9.17) is 0 Å². The summed E-state index contributed by atoms with van der Waals surface area (Å²) in [5.74, 6) is -2.75. The predicted octanol–water partition coefficient (Wildman–Crippen LogP) is 3.62. The maximum Gasteiger partial charge on any atom is 0.406 e. The summed E-state index contributed by atoms with van der Waals surface area (Å²) in [6.45, 7) is 3.61. The van der Waals surface area contributed by atoms with Crippen LogP contribution in [0.2, 0.25) is 0 Å². The number of alkyl halides is 3. The first-order valence-corrected chi connectivity index (χ1v) is 8.28. The normalized spacial score (nSPS) is 18.3. The second-order valence-corrected chi connectivity index (χ2v) is 7.73. The zero-order valence-electron chi connectivity index (χ0n) is 14.9. The molecular formula is C18H22F4N2O2. The SMILES string of the molecule is CC(C)(C)CN(CC(F)(F)F)C(=O)C1CC(=O)N(c2ccccc2F)C1. The minimum Gasteiger partial charge on any atom is -0.333 e. The minimum absolute atomic E-state index is 0.0333. The van der Waals surface area contributed by atoms with Gasteiger partial charge in [-0.2, -0.15) is 13.2 Å². The van der Waals surface area contributed by atoms with Gasteiger partial charge < -0.3 is 9.80 Å². The van der Waals surface area contributed by atoms with E-state index in [0.717, 1.165) is 9.80 Å². The van der Waals surface area contributed by atoms with E-state index in [1.807, 2.05) is 0 Å². The van der Waals surface area contributed by atoms with Crippen LogP contribution < -0.4 is 4.90 Å². The number of benzene rings is 1. The van der Waals surface area contributed by atoms with Crippen LogP contribution in [0.3, 0.4) is 0 Å². The topological polar surface area (TPSA) is 40.6 Å². The molecule has 0 N–H and O–H groups in total. The Morgan fingerprint density at radius 3 is 2.35 bits per heavy atom. The summed E-state index contributed by atoms with van der Waals surface area (Å²) in [4.78, 5) is 26.7. The Bertz CT molecular complexity index is 667. The van der Waals surface area contributed by atoms with Crippen molar-refractivity contribution >= 4 is 17.5 Å². The number of rotatable bonds is 4. The van der Waals surface area contributed by atoms with Gasteiger partial charge in [0, 0.05) is 19.5 Å². The molecule has 1 unspecified atom stereocenters. The quantitative estimate of drug-likeness (QED) is 0.756. The Morgan fingerprint density at radius 2 is 1.81 bits per heavy atom. The number of halogens is 4. The van der Waals surface area contributed by atoms with Crippen molar-refractivity contribution in [1.29, 1.82) is 0 Å². The van der Waals surface area contributed by atoms with Gasteiger partial charge in [0.05, 0.1) is 11.6 Å². The Labute approximate surface area is 149 Å². The van der Waals surface area contributed by atoms with Gasteiger partial charge in [-0.25, -0.2) is 4.39 Å². The van der Waals surface area contributed by atoms with Crippen molar-refractivity contribution in [3.8, 4) is 0 Å². The predicted molar refractivity (Wildman–Crippen MR) is 89.0 cm³/mol. The minimum atomic E-state index is -4.53. The zero-order chi connectivity index (χ0) is 19.7. The van der Waals surface area contributed by atoms with Crippen LogP contribution in [0.15, 0.2) is 24.3 Å². The summed E-state index contributed by atoms with van der Waals surface area (Å²) in [6.07, 6.45) is -4.76. The number of hydrogen-bond donors (Lipinski definition) is 0.